The largest absolute Gasteiger partial charge is 0.462 e. The molecule has 0 unspecified atom stereocenters. The Kier molecular flexibility index (Phi) is 11.0. The maximum absolute atomic E-state index is 11.1. The molecule has 0 heterocycles. The molecule has 0 aromatic heterocycles. The smallest absolute Gasteiger partial charge is 0.333 e. The predicted molar refractivity (Wildman–Crippen MR) is 75.6 cm³/mol. The highest BCUT2D eigenvalue weighted by molar-refractivity contribution is 6.35. The monoisotopic (exact) mass is 274 g/mol. The molecule has 0 bridgehead atoms. The Morgan fingerprint density at radius 1 is 1.22 bits per heavy atom. The van der Waals surface area contributed by atoms with Crippen LogP contribution in [-0.2, 0) is 19.0 Å². The summed E-state index contributed by atoms with van der Waals surface area (Å²) in [5.74, 6) is -0.285. The van der Waals surface area contributed by atoms with E-state index in [2.05, 4.69) is 6.58 Å². The number of methoxy groups -OCH3 is 2. The molecular weight excluding hydrogens is 248 g/mol. The molecule has 0 radical (unpaired) electrons. The van der Waals surface area contributed by atoms with Gasteiger partial charge in [-0.25, -0.2) is 4.79 Å². The van der Waals surface area contributed by atoms with Gasteiger partial charge in [-0.1, -0.05) is 25.5 Å². The second-order valence-electron chi connectivity index (χ2n) is 4.37. The van der Waals surface area contributed by atoms with E-state index in [1.165, 1.54) is 12.5 Å². The number of hydrogen-bond acceptors (Lipinski definition) is 4. The molecule has 0 saturated heterocycles. The topological polar surface area (TPSA) is 44.8 Å². The maximum Gasteiger partial charge on any atom is 0.333 e. The van der Waals surface area contributed by atoms with Crippen molar-refractivity contribution in [2.45, 2.75) is 44.6 Å². The van der Waals surface area contributed by atoms with Crippen molar-refractivity contribution in [1.82, 2.24) is 0 Å². The number of ether oxygens (including phenoxy) is 3. The molecule has 5 heteroatoms. The quantitative estimate of drug-likeness (QED) is 0.190. The standard InChI is InChI=1S/C13H26O4Si/c1-11(2)13(14)17-8-6-5-7-9-18-10-12(15-3)16-4/h12H,1,5-10,18H2,2-4H3. The Labute approximate surface area is 113 Å². The number of esters is 1. The molecule has 0 saturated carbocycles. The molecule has 0 N–H and O–H groups in total. The predicted octanol–water partition coefficient (Wildman–Crippen LogP) is 1.90. The summed E-state index contributed by atoms with van der Waals surface area (Å²) in [5, 5.41) is 0. The van der Waals surface area contributed by atoms with Crippen LogP contribution in [0.4, 0.5) is 0 Å². The van der Waals surface area contributed by atoms with Crippen molar-refractivity contribution in [3.63, 3.8) is 0 Å². The first-order valence-corrected chi connectivity index (χ1v) is 8.50. The van der Waals surface area contributed by atoms with Crippen LogP contribution in [-0.4, -0.2) is 42.6 Å². The van der Waals surface area contributed by atoms with Gasteiger partial charge in [-0.3, -0.25) is 0 Å². The van der Waals surface area contributed by atoms with E-state index >= 15 is 0 Å². The van der Waals surface area contributed by atoms with E-state index in [0.29, 0.717) is 12.2 Å². The lowest BCUT2D eigenvalue weighted by molar-refractivity contribution is -0.139. The summed E-state index contributed by atoms with van der Waals surface area (Å²) in [6.45, 7) is 5.70. The molecule has 0 rings (SSSR count). The van der Waals surface area contributed by atoms with Crippen LogP contribution in [0.25, 0.3) is 0 Å². The first kappa shape index (κ1) is 17.3. The fourth-order valence-electron chi connectivity index (χ4n) is 1.56. The lowest BCUT2D eigenvalue weighted by atomic mass is 10.3. The Morgan fingerprint density at radius 3 is 2.44 bits per heavy atom. The normalized spacial score (nSPS) is 11.3. The maximum atomic E-state index is 11.1. The van der Waals surface area contributed by atoms with E-state index in [-0.39, 0.29) is 21.8 Å². The lowest BCUT2D eigenvalue weighted by Crippen LogP contribution is -2.14. The van der Waals surface area contributed by atoms with Gasteiger partial charge in [0.05, 0.1) is 6.61 Å². The van der Waals surface area contributed by atoms with Gasteiger partial charge in [0.15, 0.2) is 6.29 Å². The van der Waals surface area contributed by atoms with Crippen LogP contribution < -0.4 is 0 Å². The lowest BCUT2D eigenvalue weighted by Gasteiger charge is -2.12. The van der Waals surface area contributed by atoms with Crippen molar-refractivity contribution >= 4 is 15.5 Å². The zero-order chi connectivity index (χ0) is 13.8. The highest BCUT2D eigenvalue weighted by Gasteiger charge is 2.04. The van der Waals surface area contributed by atoms with E-state index in [1.807, 2.05) is 0 Å². The minimum absolute atomic E-state index is 0.0202. The highest BCUT2D eigenvalue weighted by Crippen LogP contribution is 2.05. The second-order valence-corrected chi connectivity index (χ2v) is 6.37. The fraction of sp³-hybridized carbons (Fsp3) is 0.769. The molecule has 4 nitrogen and oxygen atoms in total. The average molecular weight is 274 g/mol. The summed E-state index contributed by atoms with van der Waals surface area (Å²) in [5.41, 5.74) is 0.465. The van der Waals surface area contributed by atoms with Crippen molar-refractivity contribution in [3.8, 4) is 0 Å². The van der Waals surface area contributed by atoms with E-state index in [0.717, 1.165) is 18.9 Å². The van der Waals surface area contributed by atoms with Gasteiger partial charge < -0.3 is 14.2 Å². The molecule has 106 valence electrons. The molecule has 0 spiro atoms. The van der Waals surface area contributed by atoms with Crippen LogP contribution in [0.1, 0.15) is 26.2 Å². The van der Waals surface area contributed by atoms with Gasteiger partial charge in [0, 0.05) is 29.3 Å². The zero-order valence-corrected chi connectivity index (χ0v) is 13.3. The first-order valence-electron chi connectivity index (χ1n) is 6.50. The van der Waals surface area contributed by atoms with Crippen molar-refractivity contribution < 1.29 is 19.0 Å². The molecule has 0 amide bonds. The van der Waals surface area contributed by atoms with Crippen molar-refractivity contribution in [2.24, 2.45) is 0 Å². The van der Waals surface area contributed by atoms with Crippen molar-refractivity contribution in [3.05, 3.63) is 12.2 Å². The Balaban J connectivity index is 3.26. The number of carbonyl (C=O) groups excluding carboxylic acids is 1. The summed E-state index contributed by atoms with van der Waals surface area (Å²) >= 11 is 0. The number of hydrogen-bond donors (Lipinski definition) is 0. The molecule has 0 aromatic rings. The molecule has 0 aliphatic rings. The van der Waals surface area contributed by atoms with E-state index in [9.17, 15) is 4.79 Å². The number of carbonyl (C=O) groups is 1. The third-order valence-corrected chi connectivity index (χ3v) is 4.57. The average Bonchev–Trinajstić information content (AvgIpc) is 2.36. The minimum Gasteiger partial charge on any atom is -0.462 e. The van der Waals surface area contributed by atoms with Gasteiger partial charge in [-0.05, 0) is 19.4 Å². The summed E-state index contributed by atoms with van der Waals surface area (Å²) < 4.78 is 15.3. The van der Waals surface area contributed by atoms with Gasteiger partial charge in [0.1, 0.15) is 0 Å². The van der Waals surface area contributed by atoms with Crippen molar-refractivity contribution in [2.75, 3.05) is 20.8 Å². The molecule has 0 aliphatic heterocycles. The second kappa shape index (κ2) is 11.4. The Bertz CT molecular complexity index is 239. The van der Waals surface area contributed by atoms with Crippen LogP contribution >= 0.6 is 0 Å². The van der Waals surface area contributed by atoms with Crippen LogP contribution in [0.2, 0.25) is 12.1 Å². The molecular formula is C13H26O4Si. The number of rotatable bonds is 11. The SMILES string of the molecule is C=C(C)C(=O)OCCCCC[SiH2]CC(OC)OC. The minimum atomic E-state index is -0.285. The van der Waals surface area contributed by atoms with Gasteiger partial charge in [0.2, 0.25) is 0 Å². The van der Waals surface area contributed by atoms with Gasteiger partial charge in [-0.15, -0.1) is 0 Å². The number of unbranched alkanes of at least 4 members (excludes halogenated alkanes) is 2. The molecule has 0 aliphatic carbocycles. The van der Waals surface area contributed by atoms with Crippen LogP contribution in [0.5, 0.6) is 0 Å². The van der Waals surface area contributed by atoms with E-state index in [1.54, 1.807) is 21.1 Å². The summed E-state index contributed by atoms with van der Waals surface area (Å²) in [7, 11) is 3.27. The summed E-state index contributed by atoms with van der Waals surface area (Å²) in [6.07, 6.45) is 3.23. The van der Waals surface area contributed by atoms with Crippen LogP contribution in [0.15, 0.2) is 12.2 Å². The van der Waals surface area contributed by atoms with Gasteiger partial charge in [-0.2, -0.15) is 0 Å². The van der Waals surface area contributed by atoms with Gasteiger partial charge >= 0.3 is 5.97 Å². The third kappa shape index (κ3) is 9.38. The molecule has 0 aromatic carbocycles. The molecule has 18 heavy (non-hydrogen) atoms. The summed E-state index contributed by atoms with van der Waals surface area (Å²) in [6, 6.07) is 2.36. The third-order valence-electron chi connectivity index (χ3n) is 2.69. The summed E-state index contributed by atoms with van der Waals surface area (Å²) in [4.78, 5) is 11.1. The zero-order valence-electron chi connectivity index (χ0n) is 11.9. The molecule has 0 atom stereocenters. The van der Waals surface area contributed by atoms with E-state index in [4.69, 9.17) is 14.2 Å². The Morgan fingerprint density at radius 2 is 1.89 bits per heavy atom. The van der Waals surface area contributed by atoms with Crippen LogP contribution in [0, 0.1) is 0 Å². The van der Waals surface area contributed by atoms with Crippen LogP contribution in [0.3, 0.4) is 0 Å². The Hall–Kier alpha value is -0.653. The highest BCUT2D eigenvalue weighted by atomic mass is 28.2. The molecule has 0 fully saturated rings. The van der Waals surface area contributed by atoms with E-state index < -0.39 is 0 Å². The van der Waals surface area contributed by atoms with Crippen molar-refractivity contribution in [1.29, 1.82) is 0 Å². The van der Waals surface area contributed by atoms with Gasteiger partial charge in [0.25, 0.3) is 0 Å². The fourth-order valence-corrected chi connectivity index (χ4v) is 3.36. The first-order chi connectivity index (χ1) is 8.61.